The van der Waals surface area contributed by atoms with Gasteiger partial charge in [-0.05, 0) is 18.2 Å². The van der Waals surface area contributed by atoms with Gasteiger partial charge < -0.3 is 0 Å². The fourth-order valence-corrected chi connectivity index (χ4v) is 1.68. The molecule has 0 N–H and O–H groups in total. The van der Waals surface area contributed by atoms with E-state index in [2.05, 4.69) is 4.98 Å². The predicted octanol–water partition coefficient (Wildman–Crippen LogP) is 1.28. The molecule has 0 aliphatic heterocycles. The molecule has 1 aromatic carbocycles. The smallest absolute Gasteiger partial charge is 0.137 e. The average Bonchev–Trinajstić information content (AvgIpc) is 2.54. The standard InChI is InChI=1S/C11H7BN2/c12-8-5-6-14-10-4-2-1-3-9(10)13-11(14)7-8/h1-7H. The van der Waals surface area contributed by atoms with Crippen LogP contribution in [0.1, 0.15) is 0 Å². The van der Waals surface area contributed by atoms with Gasteiger partial charge in [-0.25, -0.2) is 4.98 Å². The second kappa shape index (κ2) is 2.61. The quantitative estimate of drug-likeness (QED) is 0.474. The van der Waals surface area contributed by atoms with Crippen molar-refractivity contribution in [2.24, 2.45) is 0 Å². The summed E-state index contributed by atoms with van der Waals surface area (Å²) in [5, 5.41) is 0. The second-order valence-corrected chi connectivity index (χ2v) is 3.29. The summed E-state index contributed by atoms with van der Waals surface area (Å²) in [4.78, 5) is 4.46. The molecule has 0 unspecified atom stereocenters. The topological polar surface area (TPSA) is 17.3 Å². The van der Waals surface area contributed by atoms with Crippen molar-refractivity contribution in [3.05, 3.63) is 42.6 Å². The normalized spacial score (nSPS) is 11.1. The summed E-state index contributed by atoms with van der Waals surface area (Å²) < 4.78 is 2.03. The molecular weight excluding hydrogens is 171 g/mol. The Hall–Kier alpha value is -1.77. The Morgan fingerprint density at radius 3 is 2.93 bits per heavy atom. The first-order valence-corrected chi connectivity index (χ1v) is 4.47. The summed E-state index contributed by atoms with van der Waals surface area (Å²) in [6, 6.07) is 11.8. The summed E-state index contributed by atoms with van der Waals surface area (Å²) in [6.07, 6.45) is 1.94. The van der Waals surface area contributed by atoms with Gasteiger partial charge in [-0.3, -0.25) is 4.40 Å². The third kappa shape index (κ3) is 0.955. The van der Waals surface area contributed by atoms with E-state index in [0.29, 0.717) is 0 Å². The maximum absolute atomic E-state index is 5.69. The summed E-state index contributed by atoms with van der Waals surface area (Å²) >= 11 is 0. The molecule has 0 amide bonds. The highest BCUT2D eigenvalue weighted by molar-refractivity contribution is 6.32. The molecule has 2 nitrogen and oxygen atoms in total. The summed E-state index contributed by atoms with van der Waals surface area (Å²) in [5.74, 6) is 0. The molecule has 0 spiro atoms. The summed E-state index contributed by atoms with van der Waals surface area (Å²) in [7, 11) is 5.69. The van der Waals surface area contributed by atoms with Crippen LogP contribution in [0, 0.1) is 0 Å². The number of rotatable bonds is 0. The number of aromatic nitrogens is 2. The molecule has 0 bridgehead atoms. The number of para-hydroxylation sites is 2. The van der Waals surface area contributed by atoms with Gasteiger partial charge in [0, 0.05) is 6.20 Å². The SMILES string of the molecule is [B]c1ccn2c(c1)nc1ccccc12. The predicted molar refractivity (Wildman–Crippen MR) is 58.1 cm³/mol. The molecule has 3 aromatic rings. The molecule has 2 aromatic heterocycles. The lowest BCUT2D eigenvalue weighted by Gasteiger charge is -1.95. The van der Waals surface area contributed by atoms with Gasteiger partial charge in [0.1, 0.15) is 13.5 Å². The van der Waals surface area contributed by atoms with E-state index < -0.39 is 0 Å². The van der Waals surface area contributed by atoms with Gasteiger partial charge in [0.2, 0.25) is 0 Å². The van der Waals surface area contributed by atoms with Crippen LogP contribution in [0.15, 0.2) is 42.6 Å². The lowest BCUT2D eigenvalue weighted by atomic mass is 9.98. The van der Waals surface area contributed by atoms with Crippen LogP contribution in [0.3, 0.4) is 0 Å². The maximum Gasteiger partial charge on any atom is 0.137 e. The molecule has 14 heavy (non-hydrogen) atoms. The minimum Gasteiger partial charge on any atom is -0.300 e. The van der Waals surface area contributed by atoms with Crippen LogP contribution >= 0.6 is 0 Å². The Balaban J connectivity index is 2.57. The van der Waals surface area contributed by atoms with E-state index in [9.17, 15) is 0 Å². The van der Waals surface area contributed by atoms with Crippen molar-refractivity contribution in [2.45, 2.75) is 0 Å². The number of pyridine rings is 1. The average molecular weight is 178 g/mol. The molecule has 0 saturated heterocycles. The van der Waals surface area contributed by atoms with E-state index in [1.54, 1.807) is 0 Å². The van der Waals surface area contributed by atoms with Gasteiger partial charge in [-0.1, -0.05) is 23.7 Å². The first-order chi connectivity index (χ1) is 6.84. The molecule has 0 saturated carbocycles. The minimum absolute atomic E-state index is 0.743. The zero-order valence-electron chi connectivity index (χ0n) is 7.51. The van der Waals surface area contributed by atoms with Gasteiger partial charge in [0.05, 0.1) is 11.0 Å². The van der Waals surface area contributed by atoms with E-state index in [0.717, 1.165) is 22.1 Å². The van der Waals surface area contributed by atoms with Crippen molar-refractivity contribution in [3.8, 4) is 0 Å². The van der Waals surface area contributed by atoms with E-state index >= 15 is 0 Å². The zero-order valence-corrected chi connectivity index (χ0v) is 7.51. The molecule has 2 heterocycles. The molecule has 0 atom stereocenters. The number of hydrogen-bond donors (Lipinski definition) is 0. The number of benzene rings is 1. The third-order valence-electron chi connectivity index (χ3n) is 2.33. The molecule has 0 fully saturated rings. The highest BCUT2D eigenvalue weighted by atomic mass is 15.0. The zero-order chi connectivity index (χ0) is 9.54. The van der Waals surface area contributed by atoms with Crippen LogP contribution in [0.2, 0.25) is 0 Å². The van der Waals surface area contributed by atoms with Crippen LogP contribution in [0.25, 0.3) is 16.7 Å². The van der Waals surface area contributed by atoms with E-state index in [4.69, 9.17) is 7.85 Å². The van der Waals surface area contributed by atoms with Crippen molar-refractivity contribution >= 4 is 30.0 Å². The molecule has 0 aliphatic carbocycles. The van der Waals surface area contributed by atoms with E-state index in [1.807, 2.05) is 47.0 Å². The van der Waals surface area contributed by atoms with Crippen molar-refractivity contribution in [1.82, 2.24) is 9.38 Å². The number of fused-ring (bicyclic) bond motifs is 3. The molecule has 3 rings (SSSR count). The van der Waals surface area contributed by atoms with E-state index in [-0.39, 0.29) is 0 Å². The van der Waals surface area contributed by atoms with Crippen LogP contribution in [0.5, 0.6) is 0 Å². The second-order valence-electron chi connectivity index (χ2n) is 3.29. The molecule has 3 heteroatoms. The number of nitrogens with zero attached hydrogens (tertiary/aromatic N) is 2. The monoisotopic (exact) mass is 178 g/mol. The van der Waals surface area contributed by atoms with Gasteiger partial charge in [0.15, 0.2) is 0 Å². The van der Waals surface area contributed by atoms with Crippen LogP contribution < -0.4 is 5.46 Å². The Bertz CT molecular complexity index is 613. The van der Waals surface area contributed by atoms with Crippen molar-refractivity contribution in [2.75, 3.05) is 0 Å². The van der Waals surface area contributed by atoms with Gasteiger partial charge >= 0.3 is 0 Å². The molecule has 64 valence electrons. The van der Waals surface area contributed by atoms with Crippen molar-refractivity contribution in [3.63, 3.8) is 0 Å². The number of imidazole rings is 1. The Morgan fingerprint density at radius 2 is 2.00 bits per heavy atom. The number of hydrogen-bond acceptors (Lipinski definition) is 1. The van der Waals surface area contributed by atoms with Crippen LogP contribution in [-0.2, 0) is 0 Å². The Labute approximate surface area is 82.6 Å². The summed E-state index contributed by atoms with van der Waals surface area (Å²) in [6.45, 7) is 0. The van der Waals surface area contributed by atoms with Gasteiger partial charge in [-0.2, -0.15) is 0 Å². The van der Waals surface area contributed by atoms with Crippen molar-refractivity contribution < 1.29 is 0 Å². The Kier molecular flexibility index (Phi) is 1.42. The lowest BCUT2D eigenvalue weighted by Crippen LogP contribution is -2.02. The molecular formula is C11H7BN2. The fourth-order valence-electron chi connectivity index (χ4n) is 1.68. The lowest BCUT2D eigenvalue weighted by molar-refractivity contribution is 1.23. The third-order valence-corrected chi connectivity index (χ3v) is 2.33. The van der Waals surface area contributed by atoms with Crippen LogP contribution in [-0.4, -0.2) is 17.2 Å². The Morgan fingerprint density at radius 1 is 1.14 bits per heavy atom. The minimum atomic E-state index is 0.743. The van der Waals surface area contributed by atoms with E-state index in [1.165, 1.54) is 0 Å². The van der Waals surface area contributed by atoms with Crippen molar-refractivity contribution in [1.29, 1.82) is 0 Å². The molecule has 2 radical (unpaired) electrons. The first kappa shape index (κ1) is 7.62. The fraction of sp³-hybridized carbons (Fsp3) is 0. The highest BCUT2D eigenvalue weighted by Gasteiger charge is 2.01. The maximum atomic E-state index is 5.69. The first-order valence-electron chi connectivity index (χ1n) is 4.47. The molecule has 0 aliphatic rings. The largest absolute Gasteiger partial charge is 0.300 e. The van der Waals surface area contributed by atoms with Gasteiger partial charge in [0.25, 0.3) is 0 Å². The van der Waals surface area contributed by atoms with Crippen LogP contribution in [0.4, 0.5) is 0 Å². The van der Waals surface area contributed by atoms with Gasteiger partial charge in [-0.15, -0.1) is 0 Å². The highest BCUT2D eigenvalue weighted by Crippen LogP contribution is 2.14. The summed E-state index contributed by atoms with van der Waals surface area (Å²) in [5.41, 5.74) is 3.75.